The Labute approximate surface area is 115 Å². The Morgan fingerprint density at radius 1 is 1.37 bits per heavy atom. The van der Waals surface area contributed by atoms with E-state index in [0.29, 0.717) is 12.1 Å². The number of rotatable bonds is 5. The molecule has 1 atom stereocenters. The van der Waals surface area contributed by atoms with Crippen LogP contribution in [0, 0.1) is 13.8 Å². The molecule has 19 heavy (non-hydrogen) atoms. The Kier molecular flexibility index (Phi) is 5.09. The summed E-state index contributed by atoms with van der Waals surface area (Å²) >= 11 is 0. The van der Waals surface area contributed by atoms with Crippen LogP contribution in [0.3, 0.4) is 0 Å². The van der Waals surface area contributed by atoms with Crippen molar-refractivity contribution in [2.24, 2.45) is 0 Å². The molecule has 0 aromatic heterocycles. The summed E-state index contributed by atoms with van der Waals surface area (Å²) in [5, 5.41) is 12.9. The molecule has 1 rings (SSSR count). The van der Waals surface area contributed by atoms with E-state index >= 15 is 0 Å². The van der Waals surface area contributed by atoms with E-state index in [2.05, 4.69) is 5.32 Å². The van der Waals surface area contributed by atoms with Gasteiger partial charge in [-0.05, 0) is 52.1 Å². The standard InChI is InChI=1S/C15H24N2O2/c1-11-7-6-8-13(12(11)2)14(18)16-9-15(3,19)10-17(4)5/h6-8,19H,9-10H2,1-5H3,(H,16,18). The molecule has 0 heterocycles. The van der Waals surface area contributed by atoms with Crippen LogP contribution < -0.4 is 5.32 Å². The maximum absolute atomic E-state index is 12.1. The minimum absolute atomic E-state index is 0.139. The van der Waals surface area contributed by atoms with Crippen molar-refractivity contribution in [3.8, 4) is 0 Å². The van der Waals surface area contributed by atoms with E-state index in [1.165, 1.54) is 0 Å². The first kappa shape index (κ1) is 15.7. The van der Waals surface area contributed by atoms with Gasteiger partial charge in [0.2, 0.25) is 0 Å². The van der Waals surface area contributed by atoms with Gasteiger partial charge in [-0.25, -0.2) is 0 Å². The number of benzene rings is 1. The van der Waals surface area contributed by atoms with Crippen LogP contribution in [0.1, 0.15) is 28.4 Å². The molecule has 0 aliphatic carbocycles. The number of carbonyl (C=O) groups excluding carboxylic acids is 1. The molecule has 0 spiro atoms. The molecule has 0 bridgehead atoms. The molecule has 0 saturated heterocycles. The number of nitrogens with zero attached hydrogens (tertiary/aromatic N) is 1. The van der Waals surface area contributed by atoms with Crippen molar-refractivity contribution < 1.29 is 9.90 Å². The molecule has 1 aromatic carbocycles. The first-order chi connectivity index (χ1) is 8.73. The van der Waals surface area contributed by atoms with Crippen molar-refractivity contribution in [3.05, 3.63) is 34.9 Å². The van der Waals surface area contributed by atoms with E-state index in [1.807, 2.05) is 45.0 Å². The molecule has 1 aromatic rings. The second kappa shape index (κ2) is 6.17. The predicted octanol–water partition coefficient (Wildman–Crippen LogP) is 1.35. The minimum Gasteiger partial charge on any atom is -0.387 e. The topological polar surface area (TPSA) is 52.6 Å². The zero-order valence-corrected chi connectivity index (χ0v) is 12.4. The SMILES string of the molecule is Cc1cccc(C(=O)NCC(C)(O)CN(C)C)c1C. The Morgan fingerprint density at radius 2 is 2.00 bits per heavy atom. The van der Waals surface area contributed by atoms with Gasteiger partial charge in [-0.15, -0.1) is 0 Å². The molecule has 0 aliphatic rings. The van der Waals surface area contributed by atoms with Gasteiger partial charge in [-0.3, -0.25) is 4.79 Å². The lowest BCUT2D eigenvalue weighted by atomic mass is 10.0. The summed E-state index contributed by atoms with van der Waals surface area (Å²) in [6, 6.07) is 5.65. The lowest BCUT2D eigenvalue weighted by molar-refractivity contribution is 0.0326. The molecule has 0 fully saturated rings. The Hall–Kier alpha value is -1.39. The van der Waals surface area contributed by atoms with Gasteiger partial charge in [0, 0.05) is 18.7 Å². The quantitative estimate of drug-likeness (QED) is 0.844. The molecule has 2 N–H and O–H groups in total. The average Bonchev–Trinajstić information content (AvgIpc) is 2.28. The lowest BCUT2D eigenvalue weighted by Gasteiger charge is -2.27. The van der Waals surface area contributed by atoms with Crippen molar-refractivity contribution in [2.45, 2.75) is 26.4 Å². The van der Waals surface area contributed by atoms with E-state index in [9.17, 15) is 9.90 Å². The number of aliphatic hydroxyl groups is 1. The number of nitrogens with one attached hydrogen (secondary N) is 1. The second-order valence-corrected chi connectivity index (χ2v) is 5.66. The Morgan fingerprint density at radius 3 is 2.58 bits per heavy atom. The summed E-state index contributed by atoms with van der Waals surface area (Å²) in [7, 11) is 3.78. The van der Waals surface area contributed by atoms with E-state index in [0.717, 1.165) is 11.1 Å². The van der Waals surface area contributed by atoms with Crippen molar-refractivity contribution in [1.29, 1.82) is 0 Å². The Balaban J connectivity index is 2.68. The van der Waals surface area contributed by atoms with Gasteiger partial charge in [-0.2, -0.15) is 0 Å². The zero-order chi connectivity index (χ0) is 14.6. The van der Waals surface area contributed by atoms with Gasteiger partial charge < -0.3 is 15.3 Å². The van der Waals surface area contributed by atoms with Crippen LogP contribution in [0.15, 0.2) is 18.2 Å². The fourth-order valence-electron chi connectivity index (χ4n) is 2.10. The molecule has 4 nitrogen and oxygen atoms in total. The third-order valence-corrected chi connectivity index (χ3v) is 3.14. The summed E-state index contributed by atoms with van der Waals surface area (Å²) in [4.78, 5) is 14.0. The van der Waals surface area contributed by atoms with E-state index in [-0.39, 0.29) is 12.5 Å². The van der Waals surface area contributed by atoms with Gasteiger partial charge in [0.1, 0.15) is 0 Å². The highest BCUT2D eigenvalue weighted by Crippen LogP contribution is 2.13. The van der Waals surface area contributed by atoms with Gasteiger partial charge in [0.25, 0.3) is 5.91 Å². The highest BCUT2D eigenvalue weighted by Gasteiger charge is 2.22. The third-order valence-electron chi connectivity index (χ3n) is 3.14. The number of likely N-dealkylation sites (N-methyl/N-ethyl adjacent to an activating group) is 1. The van der Waals surface area contributed by atoms with Crippen LogP contribution >= 0.6 is 0 Å². The zero-order valence-electron chi connectivity index (χ0n) is 12.4. The number of hydrogen-bond donors (Lipinski definition) is 2. The minimum atomic E-state index is -0.934. The largest absolute Gasteiger partial charge is 0.387 e. The summed E-state index contributed by atoms with van der Waals surface area (Å²) in [6.45, 7) is 6.37. The Bertz CT molecular complexity index is 453. The second-order valence-electron chi connectivity index (χ2n) is 5.66. The summed E-state index contributed by atoms with van der Waals surface area (Å²) in [6.07, 6.45) is 0. The smallest absolute Gasteiger partial charge is 0.251 e. The van der Waals surface area contributed by atoms with E-state index < -0.39 is 5.60 Å². The molecule has 1 amide bonds. The van der Waals surface area contributed by atoms with Crippen LogP contribution in [0.25, 0.3) is 0 Å². The highest BCUT2D eigenvalue weighted by molar-refractivity contribution is 5.95. The maximum Gasteiger partial charge on any atom is 0.251 e. The predicted molar refractivity (Wildman–Crippen MR) is 77.4 cm³/mol. The van der Waals surface area contributed by atoms with Crippen molar-refractivity contribution in [2.75, 3.05) is 27.2 Å². The fraction of sp³-hybridized carbons (Fsp3) is 0.533. The average molecular weight is 264 g/mol. The van der Waals surface area contributed by atoms with Crippen LogP contribution in [0.2, 0.25) is 0 Å². The molecule has 1 unspecified atom stereocenters. The van der Waals surface area contributed by atoms with Crippen molar-refractivity contribution >= 4 is 5.91 Å². The van der Waals surface area contributed by atoms with Gasteiger partial charge in [-0.1, -0.05) is 12.1 Å². The van der Waals surface area contributed by atoms with Crippen LogP contribution in [0.5, 0.6) is 0 Å². The third kappa shape index (κ3) is 4.65. The first-order valence-electron chi connectivity index (χ1n) is 6.44. The normalized spacial score (nSPS) is 14.3. The fourth-order valence-corrected chi connectivity index (χ4v) is 2.10. The molecule has 0 aliphatic heterocycles. The summed E-state index contributed by atoms with van der Waals surface area (Å²) in [5.74, 6) is -0.139. The van der Waals surface area contributed by atoms with Crippen LogP contribution in [-0.2, 0) is 0 Å². The monoisotopic (exact) mass is 264 g/mol. The molecular formula is C15H24N2O2. The maximum atomic E-state index is 12.1. The first-order valence-corrected chi connectivity index (χ1v) is 6.44. The summed E-state index contributed by atoms with van der Waals surface area (Å²) in [5.41, 5.74) is 1.80. The van der Waals surface area contributed by atoms with Crippen LogP contribution in [0.4, 0.5) is 0 Å². The van der Waals surface area contributed by atoms with Crippen molar-refractivity contribution in [1.82, 2.24) is 10.2 Å². The van der Waals surface area contributed by atoms with E-state index in [4.69, 9.17) is 0 Å². The van der Waals surface area contributed by atoms with Gasteiger partial charge in [0.15, 0.2) is 0 Å². The van der Waals surface area contributed by atoms with E-state index in [1.54, 1.807) is 13.0 Å². The summed E-state index contributed by atoms with van der Waals surface area (Å²) < 4.78 is 0. The highest BCUT2D eigenvalue weighted by atomic mass is 16.3. The molecule has 0 radical (unpaired) electrons. The van der Waals surface area contributed by atoms with Gasteiger partial charge >= 0.3 is 0 Å². The number of amides is 1. The number of aryl methyl sites for hydroxylation is 1. The lowest BCUT2D eigenvalue weighted by Crippen LogP contribution is -2.47. The van der Waals surface area contributed by atoms with Crippen molar-refractivity contribution in [3.63, 3.8) is 0 Å². The molecule has 4 heteroatoms. The molecule has 106 valence electrons. The molecular weight excluding hydrogens is 240 g/mol. The van der Waals surface area contributed by atoms with Crippen LogP contribution in [-0.4, -0.2) is 48.7 Å². The number of carbonyl (C=O) groups is 1. The number of hydrogen-bond acceptors (Lipinski definition) is 3. The molecule has 0 saturated carbocycles. The van der Waals surface area contributed by atoms with Gasteiger partial charge in [0.05, 0.1) is 5.60 Å².